The third kappa shape index (κ3) is 1.66. The number of ether oxygens (including phenoxy) is 2. The molecule has 0 unspecified atom stereocenters. The number of methoxy groups -OCH3 is 2. The number of benzene rings is 1. The lowest BCUT2D eigenvalue weighted by Crippen LogP contribution is -2.20. The van der Waals surface area contributed by atoms with E-state index in [4.69, 9.17) is 21.1 Å². The first-order chi connectivity index (χ1) is 8.47. The highest BCUT2D eigenvalue weighted by Gasteiger charge is 2.55. The number of carboxylic acids is 1. The Kier molecular flexibility index (Phi) is 3.02. The van der Waals surface area contributed by atoms with Crippen LogP contribution in [0.25, 0.3) is 0 Å². The minimum Gasteiger partial charge on any atom is -0.504 e. The van der Waals surface area contributed by atoms with Gasteiger partial charge in [-0.2, -0.15) is 0 Å². The van der Waals surface area contributed by atoms with Crippen molar-refractivity contribution < 1.29 is 24.5 Å². The summed E-state index contributed by atoms with van der Waals surface area (Å²) in [5, 5.41) is 19.6. The summed E-state index contributed by atoms with van der Waals surface area (Å²) in [7, 11) is 2.78. The maximum atomic E-state index is 11.3. The molecule has 0 amide bonds. The quantitative estimate of drug-likeness (QED) is 0.879. The summed E-state index contributed by atoms with van der Waals surface area (Å²) in [5.74, 6) is -0.886. The van der Waals surface area contributed by atoms with Gasteiger partial charge in [0.15, 0.2) is 11.5 Å². The van der Waals surface area contributed by atoms with E-state index in [0.29, 0.717) is 12.8 Å². The molecule has 0 aromatic heterocycles. The van der Waals surface area contributed by atoms with E-state index in [-0.39, 0.29) is 27.8 Å². The van der Waals surface area contributed by atoms with Gasteiger partial charge in [0.1, 0.15) is 0 Å². The molecule has 6 heteroatoms. The predicted molar refractivity (Wildman–Crippen MR) is 64.8 cm³/mol. The van der Waals surface area contributed by atoms with E-state index in [1.54, 1.807) is 0 Å². The summed E-state index contributed by atoms with van der Waals surface area (Å²) < 4.78 is 10.1. The van der Waals surface area contributed by atoms with E-state index in [2.05, 4.69) is 0 Å². The fraction of sp³-hybridized carbons (Fsp3) is 0.417. The Balaban J connectivity index is 2.66. The van der Waals surface area contributed by atoms with Gasteiger partial charge < -0.3 is 19.7 Å². The molecule has 1 aromatic carbocycles. The molecule has 0 saturated heterocycles. The predicted octanol–water partition coefficient (Wildman–Crippen LogP) is 2.18. The van der Waals surface area contributed by atoms with Crippen molar-refractivity contribution in [2.45, 2.75) is 18.3 Å². The number of hydrogen-bond donors (Lipinski definition) is 2. The molecule has 2 N–H and O–H groups in total. The van der Waals surface area contributed by atoms with Crippen molar-refractivity contribution in [3.8, 4) is 17.2 Å². The fourth-order valence-corrected chi connectivity index (χ4v) is 2.47. The topological polar surface area (TPSA) is 76.0 Å². The first kappa shape index (κ1) is 12.8. The average molecular weight is 273 g/mol. The van der Waals surface area contributed by atoms with Crippen LogP contribution in [0, 0.1) is 0 Å². The Morgan fingerprint density at radius 2 is 2.00 bits per heavy atom. The largest absolute Gasteiger partial charge is 0.504 e. The zero-order valence-electron chi connectivity index (χ0n) is 9.99. The summed E-state index contributed by atoms with van der Waals surface area (Å²) in [6, 6.07) is 1.46. The second kappa shape index (κ2) is 4.24. The summed E-state index contributed by atoms with van der Waals surface area (Å²) in [6.07, 6.45) is 0.899. The van der Waals surface area contributed by atoms with Gasteiger partial charge in [0.25, 0.3) is 0 Å². The molecule has 98 valence electrons. The van der Waals surface area contributed by atoms with E-state index in [1.165, 1.54) is 20.3 Å². The van der Waals surface area contributed by atoms with Crippen LogP contribution in [0.5, 0.6) is 17.2 Å². The van der Waals surface area contributed by atoms with Crippen LogP contribution in [-0.2, 0) is 10.2 Å². The van der Waals surface area contributed by atoms with Crippen molar-refractivity contribution in [1.82, 2.24) is 0 Å². The molecular weight excluding hydrogens is 260 g/mol. The standard InChI is InChI=1S/C12H13ClO5/c1-17-7-5-6(13)8(9(14)10(7)18-2)12(3-4-12)11(15)16/h5,14H,3-4H2,1-2H3,(H,15,16). The Bertz CT molecular complexity index is 508. The molecule has 1 saturated carbocycles. The summed E-state index contributed by atoms with van der Waals surface area (Å²) in [6.45, 7) is 0. The van der Waals surface area contributed by atoms with Crippen molar-refractivity contribution in [1.29, 1.82) is 0 Å². The Labute approximate surface area is 109 Å². The number of aliphatic carboxylic acids is 1. The number of phenolic OH excluding ortho intramolecular Hbond substituents is 1. The van der Waals surface area contributed by atoms with Gasteiger partial charge in [0.2, 0.25) is 5.75 Å². The van der Waals surface area contributed by atoms with Gasteiger partial charge in [-0.25, -0.2) is 0 Å². The Morgan fingerprint density at radius 1 is 1.39 bits per heavy atom. The molecule has 18 heavy (non-hydrogen) atoms. The first-order valence-corrected chi connectivity index (χ1v) is 5.73. The summed E-state index contributed by atoms with van der Waals surface area (Å²) in [5.41, 5.74) is -0.893. The molecule has 1 fully saturated rings. The number of aromatic hydroxyl groups is 1. The summed E-state index contributed by atoms with van der Waals surface area (Å²) in [4.78, 5) is 11.3. The Hall–Kier alpha value is -1.62. The van der Waals surface area contributed by atoms with Crippen molar-refractivity contribution in [3.63, 3.8) is 0 Å². The molecule has 0 atom stereocenters. The highest BCUT2D eigenvalue weighted by atomic mass is 35.5. The van der Waals surface area contributed by atoms with Gasteiger partial charge in [-0.3, -0.25) is 4.79 Å². The van der Waals surface area contributed by atoms with Crippen LogP contribution in [0.4, 0.5) is 0 Å². The van der Waals surface area contributed by atoms with Crippen LogP contribution in [0.1, 0.15) is 18.4 Å². The number of hydrogen-bond acceptors (Lipinski definition) is 4. The molecule has 0 aliphatic heterocycles. The monoisotopic (exact) mass is 272 g/mol. The maximum absolute atomic E-state index is 11.3. The van der Waals surface area contributed by atoms with E-state index in [0.717, 1.165) is 0 Å². The number of rotatable bonds is 4. The highest BCUT2D eigenvalue weighted by molar-refractivity contribution is 6.32. The van der Waals surface area contributed by atoms with Gasteiger partial charge in [0.05, 0.1) is 24.7 Å². The number of halogens is 1. The van der Waals surface area contributed by atoms with Gasteiger partial charge in [-0.15, -0.1) is 0 Å². The molecule has 2 rings (SSSR count). The van der Waals surface area contributed by atoms with Gasteiger partial charge in [0, 0.05) is 11.6 Å². The van der Waals surface area contributed by atoms with Gasteiger partial charge >= 0.3 is 5.97 Å². The van der Waals surface area contributed by atoms with Crippen LogP contribution in [0.15, 0.2) is 6.07 Å². The Morgan fingerprint density at radius 3 is 2.39 bits per heavy atom. The normalized spacial score (nSPS) is 16.2. The van der Waals surface area contributed by atoms with Crippen LogP contribution in [0.3, 0.4) is 0 Å². The number of phenols is 1. The van der Waals surface area contributed by atoms with Crippen LogP contribution in [-0.4, -0.2) is 30.4 Å². The fourth-order valence-electron chi connectivity index (χ4n) is 2.10. The molecule has 1 aromatic rings. The molecule has 1 aliphatic carbocycles. The van der Waals surface area contributed by atoms with Crippen molar-refractivity contribution >= 4 is 17.6 Å². The van der Waals surface area contributed by atoms with Crippen molar-refractivity contribution in [2.24, 2.45) is 0 Å². The van der Waals surface area contributed by atoms with Crippen LogP contribution in [0.2, 0.25) is 5.02 Å². The molecule has 0 spiro atoms. The van der Waals surface area contributed by atoms with Crippen molar-refractivity contribution in [2.75, 3.05) is 14.2 Å². The lowest BCUT2D eigenvalue weighted by molar-refractivity contribution is -0.140. The molecule has 0 radical (unpaired) electrons. The lowest BCUT2D eigenvalue weighted by Gasteiger charge is -2.18. The molecule has 5 nitrogen and oxygen atoms in total. The lowest BCUT2D eigenvalue weighted by atomic mass is 9.94. The van der Waals surface area contributed by atoms with E-state index in [1.807, 2.05) is 0 Å². The smallest absolute Gasteiger partial charge is 0.314 e. The van der Waals surface area contributed by atoms with Gasteiger partial charge in [-0.05, 0) is 12.8 Å². The second-order valence-corrected chi connectivity index (χ2v) is 4.61. The number of carbonyl (C=O) groups is 1. The third-order valence-corrected chi connectivity index (χ3v) is 3.53. The molecule has 0 heterocycles. The highest BCUT2D eigenvalue weighted by Crippen LogP contribution is 2.57. The van der Waals surface area contributed by atoms with Crippen molar-refractivity contribution in [3.05, 3.63) is 16.7 Å². The SMILES string of the molecule is COc1cc(Cl)c(C2(C(=O)O)CC2)c(O)c1OC. The minimum atomic E-state index is -1.10. The van der Waals surface area contributed by atoms with Crippen LogP contribution >= 0.6 is 11.6 Å². The second-order valence-electron chi connectivity index (χ2n) is 4.20. The number of carboxylic acid groups (broad SMARTS) is 1. The van der Waals surface area contributed by atoms with E-state index >= 15 is 0 Å². The van der Waals surface area contributed by atoms with Gasteiger partial charge in [-0.1, -0.05) is 11.6 Å². The average Bonchev–Trinajstić information content (AvgIpc) is 3.09. The summed E-state index contributed by atoms with van der Waals surface area (Å²) >= 11 is 6.05. The zero-order valence-corrected chi connectivity index (χ0v) is 10.7. The third-order valence-electron chi connectivity index (χ3n) is 3.23. The first-order valence-electron chi connectivity index (χ1n) is 5.35. The molecular formula is C12H13ClO5. The van der Waals surface area contributed by atoms with Crippen LogP contribution < -0.4 is 9.47 Å². The molecule has 1 aliphatic rings. The maximum Gasteiger partial charge on any atom is 0.314 e. The van der Waals surface area contributed by atoms with E-state index in [9.17, 15) is 15.0 Å². The minimum absolute atomic E-state index is 0.101. The molecule has 0 bridgehead atoms. The van der Waals surface area contributed by atoms with E-state index < -0.39 is 11.4 Å². The zero-order chi connectivity index (χ0) is 13.5.